The summed E-state index contributed by atoms with van der Waals surface area (Å²) in [7, 11) is 0. The highest BCUT2D eigenvalue weighted by molar-refractivity contribution is 9.10. The van der Waals surface area contributed by atoms with E-state index in [0.717, 1.165) is 4.47 Å². The molecule has 24 heavy (non-hydrogen) atoms. The molecule has 0 aliphatic rings. The predicted octanol–water partition coefficient (Wildman–Crippen LogP) is 3.15. The highest BCUT2D eigenvalue weighted by atomic mass is 79.9. The number of benzene rings is 2. The van der Waals surface area contributed by atoms with Crippen LogP contribution in [0.2, 0.25) is 5.02 Å². The van der Waals surface area contributed by atoms with Gasteiger partial charge in [0.1, 0.15) is 5.82 Å². The lowest BCUT2D eigenvalue weighted by Gasteiger charge is -2.08. The van der Waals surface area contributed by atoms with E-state index >= 15 is 0 Å². The summed E-state index contributed by atoms with van der Waals surface area (Å²) in [6, 6.07) is 10.7. The number of halogens is 3. The highest BCUT2D eigenvalue weighted by Gasteiger charge is 2.14. The molecule has 9 heteroatoms. The van der Waals surface area contributed by atoms with Crippen LogP contribution in [0.4, 0.5) is 4.39 Å². The average molecular weight is 411 g/mol. The normalized spacial score (nSPS) is 10.6. The number of nitrogens with one attached hydrogen (secondary N) is 1. The van der Waals surface area contributed by atoms with E-state index in [1.54, 1.807) is 30.3 Å². The fraction of sp³-hybridized carbons (Fsp3) is 0.0667. The number of carbonyl (C=O) groups excluding carboxylic acids is 1. The van der Waals surface area contributed by atoms with Crippen molar-refractivity contribution in [3.05, 3.63) is 69.2 Å². The van der Waals surface area contributed by atoms with E-state index in [4.69, 9.17) is 11.6 Å². The molecular formula is C15H10BrClFN5O. The van der Waals surface area contributed by atoms with E-state index in [0.29, 0.717) is 22.1 Å². The molecule has 0 saturated heterocycles. The Morgan fingerprint density at radius 1 is 1.25 bits per heavy atom. The molecule has 122 valence electrons. The number of rotatable bonds is 4. The predicted molar refractivity (Wildman–Crippen MR) is 89.4 cm³/mol. The van der Waals surface area contributed by atoms with E-state index in [-0.39, 0.29) is 18.3 Å². The van der Waals surface area contributed by atoms with Crippen LogP contribution in [0.1, 0.15) is 16.2 Å². The molecule has 0 unspecified atom stereocenters. The molecular weight excluding hydrogens is 401 g/mol. The van der Waals surface area contributed by atoms with Gasteiger partial charge in [0.25, 0.3) is 5.91 Å². The van der Waals surface area contributed by atoms with Gasteiger partial charge in [-0.25, -0.2) is 4.39 Å². The maximum atomic E-state index is 13.0. The summed E-state index contributed by atoms with van der Waals surface area (Å²) in [5.74, 6) is -0.304. The van der Waals surface area contributed by atoms with Gasteiger partial charge < -0.3 is 5.32 Å². The van der Waals surface area contributed by atoms with Crippen molar-refractivity contribution in [1.29, 1.82) is 0 Å². The van der Waals surface area contributed by atoms with Gasteiger partial charge in [-0.3, -0.25) is 4.79 Å². The standard InChI is InChI=1S/C15H10BrClFN5O/c16-9-1-6-13(17)12(7-9)15(24)19-8-14-20-21-22-23(14)11-4-2-10(18)3-5-11/h1-7H,8H2,(H,19,24). The molecule has 0 atom stereocenters. The SMILES string of the molecule is O=C(NCc1nnnn1-c1ccc(F)cc1)c1cc(Br)ccc1Cl. The molecule has 6 nitrogen and oxygen atoms in total. The van der Waals surface area contributed by atoms with Gasteiger partial charge in [0.05, 0.1) is 22.8 Å². The molecule has 0 radical (unpaired) electrons. The van der Waals surface area contributed by atoms with Gasteiger partial charge in [0.15, 0.2) is 5.82 Å². The molecule has 1 amide bonds. The fourth-order valence-electron chi connectivity index (χ4n) is 2.02. The Hall–Kier alpha value is -2.32. The minimum absolute atomic E-state index is 0.0893. The molecule has 1 N–H and O–H groups in total. The van der Waals surface area contributed by atoms with Crippen LogP contribution in [0, 0.1) is 5.82 Å². The lowest BCUT2D eigenvalue weighted by Crippen LogP contribution is -2.25. The van der Waals surface area contributed by atoms with Crippen LogP contribution in [-0.2, 0) is 6.54 Å². The molecule has 0 aliphatic carbocycles. The van der Waals surface area contributed by atoms with Gasteiger partial charge in [0.2, 0.25) is 0 Å². The van der Waals surface area contributed by atoms with Gasteiger partial charge >= 0.3 is 0 Å². The third-order valence-corrected chi connectivity index (χ3v) is 4.01. The number of tetrazole rings is 1. The zero-order valence-electron chi connectivity index (χ0n) is 12.1. The van der Waals surface area contributed by atoms with E-state index < -0.39 is 0 Å². The van der Waals surface area contributed by atoms with Crippen LogP contribution in [0.15, 0.2) is 46.9 Å². The second-order valence-electron chi connectivity index (χ2n) is 4.79. The first-order valence-electron chi connectivity index (χ1n) is 6.81. The van der Waals surface area contributed by atoms with Gasteiger partial charge in [-0.15, -0.1) is 5.10 Å². The van der Waals surface area contributed by atoms with E-state index in [1.165, 1.54) is 16.8 Å². The summed E-state index contributed by atoms with van der Waals surface area (Å²) in [6.45, 7) is 0.0893. The van der Waals surface area contributed by atoms with Crippen LogP contribution in [0.25, 0.3) is 5.69 Å². The summed E-state index contributed by atoms with van der Waals surface area (Å²) in [6.07, 6.45) is 0. The van der Waals surface area contributed by atoms with Crippen molar-refractivity contribution in [2.75, 3.05) is 0 Å². The number of carbonyl (C=O) groups is 1. The molecule has 1 heterocycles. The number of aromatic nitrogens is 4. The minimum Gasteiger partial charge on any atom is -0.345 e. The van der Waals surface area contributed by atoms with Crippen molar-refractivity contribution < 1.29 is 9.18 Å². The fourth-order valence-corrected chi connectivity index (χ4v) is 2.59. The molecule has 0 bridgehead atoms. The topological polar surface area (TPSA) is 72.7 Å². The largest absolute Gasteiger partial charge is 0.345 e. The summed E-state index contributed by atoms with van der Waals surface area (Å²) >= 11 is 9.33. The smallest absolute Gasteiger partial charge is 0.253 e. The quantitative estimate of drug-likeness (QED) is 0.717. The Morgan fingerprint density at radius 2 is 2.00 bits per heavy atom. The molecule has 1 aromatic heterocycles. The van der Waals surface area contributed by atoms with Crippen molar-refractivity contribution in [2.45, 2.75) is 6.54 Å². The highest BCUT2D eigenvalue weighted by Crippen LogP contribution is 2.21. The Bertz CT molecular complexity index is 884. The van der Waals surface area contributed by atoms with Crippen molar-refractivity contribution in [3.8, 4) is 5.69 Å². The number of hydrogen-bond donors (Lipinski definition) is 1. The van der Waals surface area contributed by atoms with E-state index in [1.807, 2.05) is 0 Å². The van der Waals surface area contributed by atoms with E-state index in [9.17, 15) is 9.18 Å². The molecule has 0 aliphatic heterocycles. The van der Waals surface area contributed by atoms with Gasteiger partial charge in [-0.05, 0) is 52.9 Å². The number of amides is 1. The van der Waals surface area contributed by atoms with Crippen molar-refractivity contribution >= 4 is 33.4 Å². The minimum atomic E-state index is -0.356. The van der Waals surface area contributed by atoms with Gasteiger partial charge in [0, 0.05) is 4.47 Å². The van der Waals surface area contributed by atoms with Crippen LogP contribution in [0.3, 0.4) is 0 Å². The molecule has 0 fully saturated rings. The van der Waals surface area contributed by atoms with Gasteiger partial charge in [-0.1, -0.05) is 27.5 Å². The Balaban J connectivity index is 1.76. The molecule has 2 aromatic carbocycles. The van der Waals surface area contributed by atoms with Gasteiger partial charge in [-0.2, -0.15) is 4.68 Å². The zero-order chi connectivity index (χ0) is 17.1. The molecule has 0 saturated carbocycles. The maximum Gasteiger partial charge on any atom is 0.253 e. The molecule has 3 aromatic rings. The van der Waals surface area contributed by atoms with E-state index in [2.05, 4.69) is 36.8 Å². The lowest BCUT2D eigenvalue weighted by atomic mass is 10.2. The third kappa shape index (κ3) is 3.60. The monoisotopic (exact) mass is 409 g/mol. The first kappa shape index (κ1) is 16.5. The number of nitrogens with zero attached hydrogens (tertiary/aromatic N) is 4. The second kappa shape index (κ2) is 7.06. The van der Waals surface area contributed by atoms with Crippen molar-refractivity contribution in [1.82, 2.24) is 25.5 Å². The third-order valence-electron chi connectivity index (χ3n) is 3.19. The lowest BCUT2D eigenvalue weighted by molar-refractivity contribution is 0.0949. The Labute approximate surface area is 149 Å². The van der Waals surface area contributed by atoms with Crippen LogP contribution in [0.5, 0.6) is 0 Å². The zero-order valence-corrected chi connectivity index (χ0v) is 14.4. The first-order valence-corrected chi connectivity index (χ1v) is 7.98. The Kier molecular flexibility index (Phi) is 4.86. The second-order valence-corrected chi connectivity index (χ2v) is 6.11. The van der Waals surface area contributed by atoms with Crippen molar-refractivity contribution in [3.63, 3.8) is 0 Å². The maximum absolute atomic E-state index is 13.0. The summed E-state index contributed by atoms with van der Waals surface area (Å²) in [5.41, 5.74) is 0.929. The summed E-state index contributed by atoms with van der Waals surface area (Å²) < 4.78 is 15.2. The average Bonchev–Trinajstić information content (AvgIpc) is 3.04. The van der Waals surface area contributed by atoms with Crippen LogP contribution >= 0.6 is 27.5 Å². The first-order chi connectivity index (χ1) is 11.5. The molecule has 3 rings (SSSR count). The Morgan fingerprint density at radius 3 is 2.75 bits per heavy atom. The van der Waals surface area contributed by atoms with Crippen LogP contribution < -0.4 is 5.32 Å². The molecule has 0 spiro atoms. The summed E-state index contributed by atoms with van der Waals surface area (Å²) in [4.78, 5) is 12.3. The number of hydrogen-bond acceptors (Lipinski definition) is 4. The van der Waals surface area contributed by atoms with Crippen molar-refractivity contribution in [2.24, 2.45) is 0 Å². The van der Waals surface area contributed by atoms with Crippen LogP contribution in [-0.4, -0.2) is 26.1 Å². The summed E-state index contributed by atoms with van der Waals surface area (Å²) in [5, 5.41) is 14.4.